The van der Waals surface area contributed by atoms with Crippen LogP contribution in [0.4, 0.5) is 4.39 Å². The third kappa shape index (κ3) is 3.08. The van der Waals surface area contributed by atoms with E-state index in [0.29, 0.717) is 11.3 Å². The molecule has 0 saturated carbocycles. The molecule has 2 aromatic rings. The fourth-order valence-electron chi connectivity index (χ4n) is 1.94. The van der Waals surface area contributed by atoms with E-state index < -0.39 is 6.04 Å². The molecule has 0 aliphatic carbocycles. The molecule has 4 heteroatoms. The number of ether oxygens (including phenoxy) is 1. The Bertz CT molecular complexity index is 557. The highest BCUT2D eigenvalue weighted by atomic mass is 32.2. The van der Waals surface area contributed by atoms with Gasteiger partial charge in [-0.15, -0.1) is 11.8 Å². The zero-order chi connectivity index (χ0) is 13.8. The normalized spacial score (nSPS) is 12.2. The van der Waals surface area contributed by atoms with Crippen molar-refractivity contribution in [3.63, 3.8) is 0 Å². The van der Waals surface area contributed by atoms with E-state index in [1.165, 1.54) is 17.0 Å². The largest absolute Gasteiger partial charge is 0.496 e. The third-order valence-electron chi connectivity index (χ3n) is 3.00. The van der Waals surface area contributed by atoms with E-state index in [1.807, 2.05) is 30.5 Å². The Hall–Kier alpha value is -1.52. The van der Waals surface area contributed by atoms with Crippen LogP contribution in [-0.2, 0) is 0 Å². The summed E-state index contributed by atoms with van der Waals surface area (Å²) < 4.78 is 18.6. The zero-order valence-electron chi connectivity index (χ0n) is 10.9. The summed E-state index contributed by atoms with van der Waals surface area (Å²) in [4.78, 5) is 1.17. The van der Waals surface area contributed by atoms with Crippen molar-refractivity contribution in [1.29, 1.82) is 0 Å². The second kappa shape index (κ2) is 6.08. The predicted octanol–water partition coefficient (Wildman–Crippen LogP) is 3.60. The molecule has 2 aromatic carbocycles. The Balaban J connectivity index is 2.36. The molecule has 0 saturated heterocycles. The summed E-state index contributed by atoms with van der Waals surface area (Å²) in [5.74, 6) is 0.287. The van der Waals surface area contributed by atoms with Gasteiger partial charge in [-0.2, -0.15) is 0 Å². The minimum atomic E-state index is -0.401. The number of rotatable bonds is 4. The highest BCUT2D eigenvalue weighted by Gasteiger charge is 2.15. The molecule has 1 unspecified atom stereocenters. The second-order valence-electron chi connectivity index (χ2n) is 4.14. The molecule has 0 spiro atoms. The van der Waals surface area contributed by atoms with Crippen LogP contribution in [0.25, 0.3) is 0 Å². The molecule has 0 bridgehead atoms. The molecular weight excluding hydrogens is 261 g/mol. The van der Waals surface area contributed by atoms with Crippen LogP contribution in [0.3, 0.4) is 0 Å². The van der Waals surface area contributed by atoms with Crippen LogP contribution in [-0.4, -0.2) is 13.4 Å². The Labute approximate surface area is 116 Å². The first-order valence-electron chi connectivity index (χ1n) is 5.88. The number of hydrogen-bond donors (Lipinski definition) is 1. The second-order valence-corrected chi connectivity index (χ2v) is 5.02. The first-order chi connectivity index (χ1) is 9.15. The molecule has 19 heavy (non-hydrogen) atoms. The summed E-state index contributed by atoms with van der Waals surface area (Å²) in [6.07, 6.45) is 2.02. The van der Waals surface area contributed by atoms with E-state index in [0.717, 1.165) is 5.56 Å². The SMILES string of the molecule is COc1ccc(F)cc1C(N)c1ccc(SC)cc1. The van der Waals surface area contributed by atoms with Crippen LogP contribution in [0.15, 0.2) is 47.4 Å². The van der Waals surface area contributed by atoms with Gasteiger partial charge in [-0.1, -0.05) is 12.1 Å². The zero-order valence-corrected chi connectivity index (χ0v) is 11.7. The highest BCUT2D eigenvalue weighted by molar-refractivity contribution is 7.98. The molecule has 2 rings (SSSR count). The van der Waals surface area contributed by atoms with E-state index in [4.69, 9.17) is 10.5 Å². The molecular formula is C15H16FNOS. The standard InChI is InChI=1S/C15H16FNOS/c1-18-14-8-5-11(16)9-13(14)15(17)10-3-6-12(19-2)7-4-10/h3-9,15H,17H2,1-2H3. The Morgan fingerprint density at radius 3 is 2.42 bits per heavy atom. The van der Waals surface area contributed by atoms with Gasteiger partial charge in [0.25, 0.3) is 0 Å². The van der Waals surface area contributed by atoms with Crippen LogP contribution in [0.1, 0.15) is 17.2 Å². The van der Waals surface area contributed by atoms with Gasteiger partial charge in [0.1, 0.15) is 11.6 Å². The third-order valence-corrected chi connectivity index (χ3v) is 3.75. The summed E-state index contributed by atoms with van der Waals surface area (Å²) >= 11 is 1.67. The van der Waals surface area contributed by atoms with Gasteiger partial charge in [-0.05, 0) is 42.2 Å². The van der Waals surface area contributed by atoms with Gasteiger partial charge in [0.15, 0.2) is 0 Å². The highest BCUT2D eigenvalue weighted by Crippen LogP contribution is 2.29. The Morgan fingerprint density at radius 1 is 1.16 bits per heavy atom. The van der Waals surface area contributed by atoms with E-state index in [9.17, 15) is 4.39 Å². The van der Waals surface area contributed by atoms with Crippen molar-refractivity contribution in [2.24, 2.45) is 5.73 Å². The van der Waals surface area contributed by atoms with Crippen molar-refractivity contribution < 1.29 is 9.13 Å². The predicted molar refractivity (Wildman–Crippen MR) is 77.2 cm³/mol. The summed E-state index contributed by atoms with van der Waals surface area (Å²) in [7, 11) is 1.56. The van der Waals surface area contributed by atoms with E-state index in [1.54, 1.807) is 24.9 Å². The number of benzene rings is 2. The molecule has 0 aliphatic heterocycles. The smallest absolute Gasteiger partial charge is 0.124 e. The fourth-order valence-corrected chi connectivity index (χ4v) is 2.35. The number of thioether (sulfide) groups is 1. The minimum absolute atomic E-state index is 0.313. The van der Waals surface area contributed by atoms with Gasteiger partial charge in [0.2, 0.25) is 0 Å². The van der Waals surface area contributed by atoms with Gasteiger partial charge in [0.05, 0.1) is 13.2 Å². The topological polar surface area (TPSA) is 35.2 Å². The minimum Gasteiger partial charge on any atom is -0.496 e. The summed E-state index contributed by atoms with van der Waals surface area (Å²) in [6.45, 7) is 0. The lowest BCUT2D eigenvalue weighted by atomic mass is 9.98. The number of hydrogen-bond acceptors (Lipinski definition) is 3. The van der Waals surface area contributed by atoms with Gasteiger partial charge in [0, 0.05) is 10.5 Å². The van der Waals surface area contributed by atoms with Crippen LogP contribution in [0.5, 0.6) is 5.75 Å². The monoisotopic (exact) mass is 277 g/mol. The Kier molecular flexibility index (Phi) is 4.45. The first-order valence-corrected chi connectivity index (χ1v) is 7.11. The lowest BCUT2D eigenvalue weighted by Gasteiger charge is -2.16. The molecule has 0 amide bonds. The van der Waals surface area contributed by atoms with Crippen LogP contribution in [0.2, 0.25) is 0 Å². The summed E-state index contributed by atoms with van der Waals surface area (Å²) in [5, 5.41) is 0. The number of methoxy groups -OCH3 is 1. The number of halogens is 1. The number of nitrogens with two attached hydrogens (primary N) is 1. The molecule has 0 aromatic heterocycles. The van der Waals surface area contributed by atoms with Crippen molar-refractivity contribution >= 4 is 11.8 Å². The molecule has 0 radical (unpaired) electrons. The van der Waals surface area contributed by atoms with Gasteiger partial charge in [-0.3, -0.25) is 0 Å². The van der Waals surface area contributed by atoms with Crippen LogP contribution < -0.4 is 10.5 Å². The quantitative estimate of drug-likeness (QED) is 0.867. The van der Waals surface area contributed by atoms with Crippen molar-refractivity contribution in [1.82, 2.24) is 0 Å². The average Bonchev–Trinajstić information content (AvgIpc) is 2.46. The molecule has 0 fully saturated rings. The van der Waals surface area contributed by atoms with E-state index in [-0.39, 0.29) is 5.82 Å². The van der Waals surface area contributed by atoms with Gasteiger partial charge < -0.3 is 10.5 Å². The van der Waals surface area contributed by atoms with Gasteiger partial charge in [-0.25, -0.2) is 4.39 Å². The maximum absolute atomic E-state index is 13.4. The molecule has 0 heterocycles. The van der Waals surface area contributed by atoms with Crippen LogP contribution >= 0.6 is 11.8 Å². The average molecular weight is 277 g/mol. The molecule has 1 atom stereocenters. The van der Waals surface area contributed by atoms with Crippen molar-refractivity contribution in [2.45, 2.75) is 10.9 Å². The molecule has 2 N–H and O–H groups in total. The first kappa shape index (κ1) is 13.9. The lowest BCUT2D eigenvalue weighted by Crippen LogP contribution is -2.13. The van der Waals surface area contributed by atoms with Crippen LogP contribution in [0, 0.1) is 5.82 Å². The summed E-state index contributed by atoms with van der Waals surface area (Å²) in [5.41, 5.74) is 7.78. The summed E-state index contributed by atoms with van der Waals surface area (Å²) in [6, 6.07) is 11.9. The molecule has 2 nitrogen and oxygen atoms in total. The molecule has 0 aliphatic rings. The fraction of sp³-hybridized carbons (Fsp3) is 0.200. The van der Waals surface area contributed by atoms with Crippen molar-refractivity contribution in [3.8, 4) is 5.75 Å². The van der Waals surface area contributed by atoms with Crippen molar-refractivity contribution in [3.05, 3.63) is 59.4 Å². The maximum Gasteiger partial charge on any atom is 0.124 e. The maximum atomic E-state index is 13.4. The molecule has 100 valence electrons. The van der Waals surface area contributed by atoms with Gasteiger partial charge >= 0.3 is 0 Å². The Morgan fingerprint density at radius 2 is 1.84 bits per heavy atom. The van der Waals surface area contributed by atoms with Crippen molar-refractivity contribution in [2.75, 3.05) is 13.4 Å². The van der Waals surface area contributed by atoms with E-state index >= 15 is 0 Å². The van der Waals surface area contributed by atoms with E-state index in [2.05, 4.69) is 0 Å². The lowest BCUT2D eigenvalue weighted by molar-refractivity contribution is 0.406.